The first-order valence-electron chi connectivity index (χ1n) is 6.25. The molecule has 0 atom stereocenters. The minimum absolute atomic E-state index is 0.533. The SMILES string of the molecule is Clc1ccccc1-c1nc(CNCc2ccco2)co1. The summed E-state index contributed by atoms with van der Waals surface area (Å²) >= 11 is 6.11. The van der Waals surface area contributed by atoms with E-state index in [0.29, 0.717) is 24.0 Å². The average molecular weight is 289 g/mol. The van der Waals surface area contributed by atoms with E-state index >= 15 is 0 Å². The molecule has 3 rings (SSSR count). The molecule has 1 N–H and O–H groups in total. The molecule has 5 heteroatoms. The van der Waals surface area contributed by atoms with Crippen LogP contribution in [0.3, 0.4) is 0 Å². The molecule has 0 spiro atoms. The summed E-state index contributed by atoms with van der Waals surface area (Å²) in [6.07, 6.45) is 3.29. The highest BCUT2D eigenvalue weighted by Gasteiger charge is 2.09. The molecular formula is C15H13ClN2O2. The Morgan fingerprint density at radius 2 is 1.95 bits per heavy atom. The Hall–Kier alpha value is -2.04. The molecule has 0 saturated carbocycles. The van der Waals surface area contributed by atoms with Gasteiger partial charge in [0.1, 0.15) is 12.0 Å². The molecule has 0 radical (unpaired) electrons. The van der Waals surface area contributed by atoms with Gasteiger partial charge < -0.3 is 14.2 Å². The normalized spacial score (nSPS) is 10.8. The number of furan rings is 1. The third-order valence-electron chi connectivity index (χ3n) is 2.84. The average Bonchev–Trinajstić information content (AvgIpc) is 3.11. The Bertz CT molecular complexity index is 677. The maximum Gasteiger partial charge on any atom is 0.227 e. The van der Waals surface area contributed by atoms with E-state index in [1.54, 1.807) is 12.5 Å². The molecule has 2 heterocycles. The van der Waals surface area contributed by atoms with E-state index in [4.69, 9.17) is 20.4 Å². The van der Waals surface area contributed by atoms with Crippen LogP contribution in [0.4, 0.5) is 0 Å². The molecule has 0 saturated heterocycles. The van der Waals surface area contributed by atoms with Crippen LogP contribution in [0.25, 0.3) is 11.5 Å². The molecule has 0 aliphatic carbocycles. The lowest BCUT2D eigenvalue weighted by Gasteiger charge is -1.99. The highest BCUT2D eigenvalue weighted by molar-refractivity contribution is 6.33. The monoisotopic (exact) mass is 288 g/mol. The zero-order valence-corrected chi connectivity index (χ0v) is 11.4. The third-order valence-corrected chi connectivity index (χ3v) is 3.17. The van der Waals surface area contributed by atoms with E-state index in [-0.39, 0.29) is 0 Å². The van der Waals surface area contributed by atoms with Crippen LogP contribution in [-0.2, 0) is 13.1 Å². The topological polar surface area (TPSA) is 51.2 Å². The molecular weight excluding hydrogens is 276 g/mol. The van der Waals surface area contributed by atoms with Gasteiger partial charge >= 0.3 is 0 Å². The van der Waals surface area contributed by atoms with Crippen molar-refractivity contribution in [2.45, 2.75) is 13.1 Å². The van der Waals surface area contributed by atoms with Crippen LogP contribution in [0.2, 0.25) is 5.02 Å². The Morgan fingerprint density at radius 1 is 1.05 bits per heavy atom. The van der Waals surface area contributed by atoms with Crippen molar-refractivity contribution in [3.8, 4) is 11.5 Å². The molecule has 4 nitrogen and oxygen atoms in total. The molecule has 0 aliphatic rings. The molecule has 0 bridgehead atoms. The summed E-state index contributed by atoms with van der Waals surface area (Å²) < 4.78 is 10.7. The van der Waals surface area contributed by atoms with Crippen molar-refractivity contribution in [2.24, 2.45) is 0 Å². The van der Waals surface area contributed by atoms with Crippen LogP contribution in [-0.4, -0.2) is 4.98 Å². The summed E-state index contributed by atoms with van der Waals surface area (Å²) in [7, 11) is 0. The smallest absolute Gasteiger partial charge is 0.227 e. The molecule has 20 heavy (non-hydrogen) atoms. The van der Waals surface area contributed by atoms with Gasteiger partial charge in [-0.15, -0.1) is 0 Å². The minimum atomic E-state index is 0.533. The highest BCUT2D eigenvalue weighted by Crippen LogP contribution is 2.26. The summed E-state index contributed by atoms with van der Waals surface area (Å²) in [6, 6.07) is 11.3. The Balaban J connectivity index is 1.64. The first-order valence-corrected chi connectivity index (χ1v) is 6.63. The maximum absolute atomic E-state index is 6.11. The number of nitrogens with zero attached hydrogens (tertiary/aromatic N) is 1. The molecule has 2 aromatic heterocycles. The lowest BCUT2D eigenvalue weighted by molar-refractivity contribution is 0.481. The van der Waals surface area contributed by atoms with Crippen LogP contribution >= 0.6 is 11.6 Å². The van der Waals surface area contributed by atoms with Crippen molar-refractivity contribution >= 4 is 11.6 Å². The van der Waals surface area contributed by atoms with Gasteiger partial charge in [-0.2, -0.15) is 0 Å². The number of oxazole rings is 1. The Morgan fingerprint density at radius 3 is 2.75 bits per heavy atom. The van der Waals surface area contributed by atoms with Crippen molar-refractivity contribution in [1.82, 2.24) is 10.3 Å². The zero-order valence-electron chi connectivity index (χ0n) is 10.7. The van der Waals surface area contributed by atoms with Crippen molar-refractivity contribution in [2.75, 3.05) is 0 Å². The first-order chi connectivity index (χ1) is 9.83. The second kappa shape index (κ2) is 5.94. The number of hydrogen-bond donors (Lipinski definition) is 1. The number of rotatable bonds is 5. The Labute approximate surface area is 121 Å². The van der Waals surface area contributed by atoms with Gasteiger partial charge in [-0.1, -0.05) is 23.7 Å². The molecule has 0 amide bonds. The van der Waals surface area contributed by atoms with Crippen molar-refractivity contribution in [3.05, 3.63) is 65.4 Å². The van der Waals surface area contributed by atoms with Gasteiger partial charge in [-0.3, -0.25) is 0 Å². The molecule has 1 aromatic carbocycles. The van der Waals surface area contributed by atoms with E-state index in [1.807, 2.05) is 36.4 Å². The second-order valence-electron chi connectivity index (χ2n) is 4.31. The summed E-state index contributed by atoms with van der Waals surface area (Å²) in [5, 5.41) is 3.86. The van der Waals surface area contributed by atoms with Gasteiger partial charge in [-0.25, -0.2) is 4.98 Å². The maximum atomic E-state index is 6.11. The van der Waals surface area contributed by atoms with Gasteiger partial charge in [0.2, 0.25) is 5.89 Å². The van der Waals surface area contributed by atoms with Crippen molar-refractivity contribution in [1.29, 1.82) is 0 Å². The van der Waals surface area contributed by atoms with Crippen molar-refractivity contribution < 1.29 is 8.83 Å². The predicted octanol–water partition coefficient (Wildman–Crippen LogP) is 3.88. The van der Waals surface area contributed by atoms with Crippen LogP contribution in [0, 0.1) is 0 Å². The minimum Gasteiger partial charge on any atom is -0.468 e. The fraction of sp³-hybridized carbons (Fsp3) is 0.133. The first kappa shape index (κ1) is 13.0. The fourth-order valence-corrected chi connectivity index (χ4v) is 2.09. The largest absolute Gasteiger partial charge is 0.468 e. The van der Waals surface area contributed by atoms with Gasteiger partial charge in [0.25, 0.3) is 0 Å². The molecule has 0 aliphatic heterocycles. The third kappa shape index (κ3) is 2.92. The molecule has 102 valence electrons. The summed E-state index contributed by atoms with van der Waals surface area (Å²) in [6.45, 7) is 1.26. The number of nitrogens with one attached hydrogen (secondary N) is 1. The van der Waals surface area contributed by atoms with E-state index in [9.17, 15) is 0 Å². The lowest BCUT2D eigenvalue weighted by Crippen LogP contribution is -2.12. The van der Waals surface area contributed by atoms with Gasteiger partial charge in [0, 0.05) is 6.54 Å². The van der Waals surface area contributed by atoms with Gasteiger partial charge in [0.05, 0.1) is 29.1 Å². The summed E-state index contributed by atoms with van der Waals surface area (Å²) in [5.74, 6) is 1.42. The quantitative estimate of drug-likeness (QED) is 0.774. The fourth-order valence-electron chi connectivity index (χ4n) is 1.87. The molecule has 0 unspecified atom stereocenters. The molecule has 3 aromatic rings. The number of hydrogen-bond acceptors (Lipinski definition) is 4. The predicted molar refractivity (Wildman–Crippen MR) is 76.2 cm³/mol. The van der Waals surface area contributed by atoms with E-state index in [1.165, 1.54) is 0 Å². The van der Waals surface area contributed by atoms with Crippen LogP contribution in [0.1, 0.15) is 11.5 Å². The van der Waals surface area contributed by atoms with E-state index in [0.717, 1.165) is 17.0 Å². The van der Waals surface area contributed by atoms with Gasteiger partial charge in [0.15, 0.2) is 0 Å². The number of benzene rings is 1. The molecule has 0 fully saturated rings. The van der Waals surface area contributed by atoms with E-state index < -0.39 is 0 Å². The number of aromatic nitrogens is 1. The van der Waals surface area contributed by atoms with Crippen LogP contribution < -0.4 is 5.32 Å². The van der Waals surface area contributed by atoms with Crippen LogP contribution in [0.15, 0.2) is 57.8 Å². The Kier molecular flexibility index (Phi) is 3.85. The summed E-state index contributed by atoms with van der Waals surface area (Å²) in [4.78, 5) is 4.42. The summed E-state index contributed by atoms with van der Waals surface area (Å²) in [5.41, 5.74) is 1.62. The van der Waals surface area contributed by atoms with Gasteiger partial charge in [-0.05, 0) is 24.3 Å². The highest BCUT2D eigenvalue weighted by atomic mass is 35.5. The second-order valence-corrected chi connectivity index (χ2v) is 4.71. The number of halogens is 1. The van der Waals surface area contributed by atoms with Crippen LogP contribution in [0.5, 0.6) is 0 Å². The van der Waals surface area contributed by atoms with E-state index in [2.05, 4.69) is 10.3 Å². The lowest BCUT2D eigenvalue weighted by atomic mass is 10.2. The zero-order chi connectivity index (χ0) is 13.8. The standard InChI is InChI=1S/C15H13ClN2O2/c16-14-6-2-1-5-13(14)15-18-11(10-20-15)8-17-9-12-4-3-7-19-12/h1-7,10,17H,8-9H2. The van der Waals surface area contributed by atoms with Crippen molar-refractivity contribution in [3.63, 3.8) is 0 Å².